The minimum absolute atomic E-state index is 0.183. The van der Waals surface area contributed by atoms with Crippen LogP contribution >= 0.6 is 15.9 Å². The van der Waals surface area contributed by atoms with E-state index < -0.39 is 0 Å². The molecule has 1 aliphatic rings. The molecule has 0 radical (unpaired) electrons. The summed E-state index contributed by atoms with van der Waals surface area (Å²) in [6.45, 7) is 0.270. The SMILES string of the molecule is CN(C(=O)c1ccc(Br)o1)c1ccccc1C(=O)NCc1nncn1C1CC1. The predicted octanol–water partition coefficient (Wildman–Crippen LogP) is 3.18. The van der Waals surface area contributed by atoms with Crippen LogP contribution in [0, 0.1) is 0 Å². The van der Waals surface area contributed by atoms with Crippen molar-refractivity contribution in [1.29, 1.82) is 0 Å². The molecule has 1 N–H and O–H groups in total. The number of carbonyl (C=O) groups excluding carboxylic acids is 2. The van der Waals surface area contributed by atoms with Crippen LogP contribution in [0.2, 0.25) is 0 Å². The number of hydrogen-bond acceptors (Lipinski definition) is 5. The van der Waals surface area contributed by atoms with Gasteiger partial charge in [-0.2, -0.15) is 0 Å². The summed E-state index contributed by atoms with van der Waals surface area (Å²) in [7, 11) is 1.61. The molecule has 2 aromatic heterocycles. The standard InChI is InChI=1S/C19H18BrN5O3/c1-24(19(27)15-8-9-16(20)28-15)14-5-3-2-4-13(14)18(26)21-10-17-23-22-11-25(17)12-6-7-12/h2-5,8-9,11-12H,6-7,10H2,1H3,(H,21,26). The number of para-hydroxylation sites is 1. The minimum Gasteiger partial charge on any atom is -0.444 e. The summed E-state index contributed by atoms with van der Waals surface area (Å²) < 4.78 is 7.80. The van der Waals surface area contributed by atoms with Crippen molar-refractivity contribution in [1.82, 2.24) is 20.1 Å². The zero-order valence-corrected chi connectivity index (χ0v) is 16.7. The molecule has 0 atom stereocenters. The van der Waals surface area contributed by atoms with Gasteiger partial charge in [-0.25, -0.2) is 0 Å². The third-order valence-corrected chi connectivity index (χ3v) is 5.02. The molecule has 1 fully saturated rings. The first-order chi connectivity index (χ1) is 13.5. The van der Waals surface area contributed by atoms with E-state index in [1.165, 1.54) is 4.90 Å². The summed E-state index contributed by atoms with van der Waals surface area (Å²) in [5.74, 6) is 0.265. The van der Waals surface area contributed by atoms with Crippen LogP contribution < -0.4 is 10.2 Å². The van der Waals surface area contributed by atoms with Crippen molar-refractivity contribution in [2.75, 3.05) is 11.9 Å². The van der Waals surface area contributed by atoms with E-state index in [1.807, 2.05) is 4.57 Å². The lowest BCUT2D eigenvalue weighted by Crippen LogP contribution is -2.30. The maximum Gasteiger partial charge on any atom is 0.293 e. The topological polar surface area (TPSA) is 93.3 Å². The number of hydrogen-bond donors (Lipinski definition) is 1. The number of halogens is 1. The second-order valence-electron chi connectivity index (χ2n) is 6.55. The normalized spacial score (nSPS) is 13.4. The first-order valence-electron chi connectivity index (χ1n) is 8.83. The highest BCUT2D eigenvalue weighted by atomic mass is 79.9. The number of nitrogens with one attached hydrogen (secondary N) is 1. The Labute approximate surface area is 169 Å². The van der Waals surface area contributed by atoms with Crippen molar-refractivity contribution >= 4 is 33.4 Å². The van der Waals surface area contributed by atoms with Crippen LogP contribution in [0.1, 0.15) is 45.6 Å². The molecule has 9 heteroatoms. The lowest BCUT2D eigenvalue weighted by molar-refractivity contribution is 0.0949. The molecule has 1 saturated carbocycles. The third kappa shape index (κ3) is 3.70. The van der Waals surface area contributed by atoms with Crippen molar-refractivity contribution < 1.29 is 14.0 Å². The Bertz CT molecular complexity index is 1020. The molecule has 1 aliphatic carbocycles. The first kappa shape index (κ1) is 18.4. The Morgan fingerprint density at radius 3 is 2.79 bits per heavy atom. The van der Waals surface area contributed by atoms with E-state index in [-0.39, 0.29) is 24.1 Å². The largest absolute Gasteiger partial charge is 0.444 e. The highest BCUT2D eigenvalue weighted by Crippen LogP contribution is 2.35. The van der Waals surface area contributed by atoms with E-state index in [9.17, 15) is 9.59 Å². The summed E-state index contributed by atoms with van der Waals surface area (Å²) in [4.78, 5) is 26.8. The van der Waals surface area contributed by atoms with Crippen LogP contribution in [0.25, 0.3) is 0 Å². The zero-order valence-electron chi connectivity index (χ0n) is 15.1. The van der Waals surface area contributed by atoms with Gasteiger partial charge in [-0.1, -0.05) is 12.1 Å². The van der Waals surface area contributed by atoms with E-state index in [4.69, 9.17) is 4.42 Å². The zero-order chi connectivity index (χ0) is 19.7. The summed E-state index contributed by atoms with van der Waals surface area (Å²) >= 11 is 3.19. The third-order valence-electron chi connectivity index (χ3n) is 4.59. The molecule has 8 nitrogen and oxygen atoms in total. The summed E-state index contributed by atoms with van der Waals surface area (Å²) in [6, 6.07) is 10.6. The average molecular weight is 444 g/mol. The Kier molecular flexibility index (Phi) is 4.99. The van der Waals surface area contributed by atoms with Crippen molar-refractivity contribution in [2.45, 2.75) is 25.4 Å². The van der Waals surface area contributed by atoms with Crippen molar-refractivity contribution in [2.24, 2.45) is 0 Å². The lowest BCUT2D eigenvalue weighted by atomic mass is 10.1. The van der Waals surface area contributed by atoms with Crippen LogP contribution in [0.5, 0.6) is 0 Å². The highest BCUT2D eigenvalue weighted by Gasteiger charge is 2.26. The predicted molar refractivity (Wildman–Crippen MR) is 105 cm³/mol. The maximum absolute atomic E-state index is 12.8. The smallest absolute Gasteiger partial charge is 0.293 e. The molecule has 3 aromatic rings. The molecule has 0 unspecified atom stereocenters. The highest BCUT2D eigenvalue weighted by molar-refractivity contribution is 9.10. The van der Waals surface area contributed by atoms with Crippen molar-refractivity contribution in [3.8, 4) is 0 Å². The Morgan fingerprint density at radius 2 is 2.07 bits per heavy atom. The second kappa shape index (κ2) is 7.59. The minimum atomic E-state index is -0.348. The number of rotatable bonds is 6. The fourth-order valence-electron chi connectivity index (χ4n) is 2.97. The van der Waals surface area contributed by atoms with E-state index in [0.717, 1.165) is 18.7 Å². The molecule has 1 aromatic carbocycles. The number of amides is 2. The summed E-state index contributed by atoms with van der Waals surface area (Å²) in [6.07, 6.45) is 3.91. The number of furan rings is 1. The number of aromatic nitrogens is 3. The Balaban J connectivity index is 1.51. The molecule has 144 valence electrons. The van der Waals surface area contributed by atoms with Crippen LogP contribution in [-0.4, -0.2) is 33.6 Å². The molecule has 0 aliphatic heterocycles. The van der Waals surface area contributed by atoms with Gasteiger partial charge in [-0.05, 0) is 53.0 Å². The fourth-order valence-corrected chi connectivity index (χ4v) is 3.27. The Morgan fingerprint density at radius 1 is 1.29 bits per heavy atom. The molecule has 0 bridgehead atoms. The lowest BCUT2D eigenvalue weighted by Gasteiger charge is -2.19. The molecular weight excluding hydrogens is 426 g/mol. The van der Waals surface area contributed by atoms with E-state index >= 15 is 0 Å². The van der Waals surface area contributed by atoms with Gasteiger partial charge in [0.25, 0.3) is 11.8 Å². The van der Waals surface area contributed by atoms with E-state index in [1.54, 1.807) is 49.8 Å². The first-order valence-corrected chi connectivity index (χ1v) is 9.63. The van der Waals surface area contributed by atoms with Crippen LogP contribution in [0.3, 0.4) is 0 Å². The molecule has 2 amide bonds. The Hall–Kier alpha value is -2.94. The molecule has 28 heavy (non-hydrogen) atoms. The van der Waals surface area contributed by atoms with Crippen molar-refractivity contribution in [3.05, 3.63) is 64.5 Å². The molecule has 4 rings (SSSR count). The number of carbonyl (C=O) groups is 2. The van der Waals surface area contributed by atoms with Gasteiger partial charge < -0.3 is 19.2 Å². The number of benzene rings is 1. The second-order valence-corrected chi connectivity index (χ2v) is 7.33. The molecule has 0 saturated heterocycles. The summed E-state index contributed by atoms with van der Waals surface area (Å²) in [5, 5.41) is 10.9. The van der Waals surface area contributed by atoms with Crippen LogP contribution in [0.15, 0.2) is 51.8 Å². The van der Waals surface area contributed by atoms with Gasteiger partial charge in [-0.15, -0.1) is 10.2 Å². The van der Waals surface area contributed by atoms with Gasteiger partial charge in [0.2, 0.25) is 0 Å². The van der Waals surface area contributed by atoms with Crippen molar-refractivity contribution in [3.63, 3.8) is 0 Å². The summed E-state index contributed by atoms with van der Waals surface area (Å²) in [5.41, 5.74) is 0.877. The molecule has 2 heterocycles. The van der Waals surface area contributed by atoms with Crippen LogP contribution in [0.4, 0.5) is 5.69 Å². The van der Waals surface area contributed by atoms with E-state index in [2.05, 4.69) is 31.4 Å². The monoisotopic (exact) mass is 443 g/mol. The number of nitrogens with zero attached hydrogens (tertiary/aromatic N) is 4. The van der Waals surface area contributed by atoms with Gasteiger partial charge >= 0.3 is 0 Å². The number of anilines is 1. The van der Waals surface area contributed by atoms with Gasteiger partial charge in [0.15, 0.2) is 16.3 Å². The maximum atomic E-state index is 12.8. The average Bonchev–Trinajstić information content (AvgIpc) is 3.28. The van der Waals surface area contributed by atoms with Gasteiger partial charge in [0.05, 0.1) is 17.8 Å². The van der Waals surface area contributed by atoms with Gasteiger partial charge in [0, 0.05) is 13.1 Å². The molecular formula is C19H18BrN5O3. The fraction of sp³-hybridized carbons (Fsp3) is 0.263. The molecule has 0 spiro atoms. The van der Waals surface area contributed by atoms with E-state index in [0.29, 0.717) is 22.0 Å². The van der Waals surface area contributed by atoms with Gasteiger partial charge in [-0.3, -0.25) is 9.59 Å². The van der Waals surface area contributed by atoms with Gasteiger partial charge in [0.1, 0.15) is 6.33 Å². The quantitative estimate of drug-likeness (QED) is 0.631. The van der Waals surface area contributed by atoms with Crippen LogP contribution in [-0.2, 0) is 6.54 Å².